The van der Waals surface area contributed by atoms with E-state index in [9.17, 15) is 9.18 Å². The number of aromatic amines is 1. The van der Waals surface area contributed by atoms with E-state index < -0.39 is 0 Å². The molecule has 152 valence electrons. The number of fused-ring (bicyclic) bond motifs is 1. The molecule has 0 radical (unpaired) electrons. The Hall–Kier alpha value is -3.81. The molecule has 7 nitrogen and oxygen atoms in total. The minimum atomic E-state index is -0.369. The quantitative estimate of drug-likeness (QED) is 0.519. The molecule has 0 fully saturated rings. The van der Waals surface area contributed by atoms with Crippen molar-refractivity contribution in [2.75, 3.05) is 17.3 Å². The van der Waals surface area contributed by atoms with Gasteiger partial charge in [-0.2, -0.15) is 0 Å². The molecule has 4 rings (SSSR count). The topological polar surface area (TPSA) is 86.8 Å². The smallest absolute Gasteiger partial charge is 0.276 e. The van der Waals surface area contributed by atoms with Crippen LogP contribution >= 0.6 is 0 Å². The number of halogens is 1. The summed E-state index contributed by atoms with van der Waals surface area (Å²) in [5.74, 6) is 0.0807. The number of nitrogens with zero attached hydrogens (tertiary/aromatic N) is 4. The molecule has 0 unspecified atom stereocenters. The van der Waals surface area contributed by atoms with Gasteiger partial charge in [-0.05, 0) is 68.4 Å². The number of H-pyrrole nitrogens is 1. The zero-order valence-corrected chi connectivity index (χ0v) is 16.8. The van der Waals surface area contributed by atoms with Gasteiger partial charge in [0.2, 0.25) is 5.95 Å². The molecule has 8 heteroatoms. The minimum absolute atomic E-state index is 0.186. The monoisotopic (exact) mass is 404 g/mol. The number of benzene rings is 2. The SMILES string of the molecule is CC(C)N(C)c1nc2ccc(NC(=O)c3ccc(-c4ccc(F)cc4)nn3)cc2[nH]1. The van der Waals surface area contributed by atoms with Crippen LogP contribution in [-0.4, -0.2) is 39.2 Å². The predicted molar refractivity (Wildman–Crippen MR) is 115 cm³/mol. The van der Waals surface area contributed by atoms with Crippen molar-refractivity contribution in [3.63, 3.8) is 0 Å². The number of carbonyl (C=O) groups is 1. The normalized spacial score (nSPS) is 11.1. The van der Waals surface area contributed by atoms with Crippen LogP contribution in [0.15, 0.2) is 54.6 Å². The first-order chi connectivity index (χ1) is 14.4. The van der Waals surface area contributed by atoms with Crippen molar-refractivity contribution < 1.29 is 9.18 Å². The van der Waals surface area contributed by atoms with E-state index in [1.807, 2.05) is 24.1 Å². The van der Waals surface area contributed by atoms with Gasteiger partial charge in [0.1, 0.15) is 5.82 Å². The van der Waals surface area contributed by atoms with Gasteiger partial charge in [-0.3, -0.25) is 4.79 Å². The van der Waals surface area contributed by atoms with Gasteiger partial charge in [-0.1, -0.05) is 0 Å². The maximum Gasteiger partial charge on any atom is 0.276 e. The van der Waals surface area contributed by atoms with Gasteiger partial charge >= 0.3 is 0 Å². The Morgan fingerprint density at radius 1 is 1.07 bits per heavy atom. The molecule has 1 amide bonds. The molecule has 4 aromatic rings. The lowest BCUT2D eigenvalue weighted by atomic mass is 10.1. The van der Waals surface area contributed by atoms with Gasteiger partial charge in [0.15, 0.2) is 5.69 Å². The van der Waals surface area contributed by atoms with E-state index in [1.54, 1.807) is 30.3 Å². The lowest BCUT2D eigenvalue weighted by Crippen LogP contribution is -2.26. The summed E-state index contributed by atoms with van der Waals surface area (Å²) in [5, 5.41) is 10.9. The van der Waals surface area contributed by atoms with E-state index in [4.69, 9.17) is 0 Å². The first-order valence-corrected chi connectivity index (χ1v) is 9.54. The van der Waals surface area contributed by atoms with Crippen LogP contribution in [0.1, 0.15) is 24.3 Å². The first kappa shape index (κ1) is 19.5. The third kappa shape index (κ3) is 3.98. The lowest BCUT2D eigenvalue weighted by Gasteiger charge is -2.19. The van der Waals surface area contributed by atoms with E-state index in [-0.39, 0.29) is 17.4 Å². The average molecular weight is 404 g/mol. The number of hydrogen-bond donors (Lipinski definition) is 2. The molecule has 2 N–H and O–H groups in total. The Bertz CT molecular complexity index is 1180. The van der Waals surface area contributed by atoms with E-state index in [0.29, 0.717) is 17.4 Å². The zero-order chi connectivity index (χ0) is 21.3. The zero-order valence-electron chi connectivity index (χ0n) is 16.8. The molecule has 0 aliphatic heterocycles. The molecule has 0 saturated heterocycles. The summed E-state index contributed by atoms with van der Waals surface area (Å²) in [5.41, 5.74) is 3.74. The Morgan fingerprint density at radius 3 is 2.50 bits per heavy atom. The number of carbonyl (C=O) groups excluding carboxylic acids is 1. The van der Waals surface area contributed by atoms with E-state index in [1.165, 1.54) is 12.1 Å². The molecular weight excluding hydrogens is 383 g/mol. The van der Waals surface area contributed by atoms with Gasteiger partial charge in [0, 0.05) is 24.3 Å². The van der Waals surface area contributed by atoms with E-state index >= 15 is 0 Å². The van der Waals surface area contributed by atoms with Gasteiger partial charge in [-0.25, -0.2) is 9.37 Å². The number of anilines is 2. The number of hydrogen-bond acceptors (Lipinski definition) is 5. The van der Waals surface area contributed by atoms with Gasteiger partial charge in [0.05, 0.1) is 16.7 Å². The Balaban J connectivity index is 1.50. The van der Waals surface area contributed by atoms with Gasteiger partial charge in [0.25, 0.3) is 5.91 Å². The van der Waals surface area contributed by atoms with Crippen molar-refractivity contribution in [3.8, 4) is 11.3 Å². The van der Waals surface area contributed by atoms with Crippen LogP contribution in [0.5, 0.6) is 0 Å². The van der Waals surface area contributed by atoms with E-state index in [0.717, 1.165) is 22.5 Å². The summed E-state index contributed by atoms with van der Waals surface area (Å²) in [4.78, 5) is 22.4. The summed E-state index contributed by atoms with van der Waals surface area (Å²) in [6.07, 6.45) is 0. The Morgan fingerprint density at radius 2 is 1.83 bits per heavy atom. The highest BCUT2D eigenvalue weighted by atomic mass is 19.1. The number of imidazole rings is 1. The Labute approximate surface area is 173 Å². The largest absolute Gasteiger partial charge is 0.343 e. The van der Waals surface area contributed by atoms with Gasteiger partial charge < -0.3 is 15.2 Å². The third-order valence-electron chi connectivity index (χ3n) is 4.87. The molecule has 0 bridgehead atoms. The van der Waals surface area contributed by atoms with Crippen molar-refractivity contribution in [3.05, 3.63) is 66.1 Å². The molecule has 2 aromatic carbocycles. The van der Waals surface area contributed by atoms with Crippen LogP contribution in [0.2, 0.25) is 0 Å². The minimum Gasteiger partial charge on any atom is -0.343 e. The van der Waals surface area contributed by atoms with Crippen LogP contribution in [-0.2, 0) is 0 Å². The van der Waals surface area contributed by atoms with Crippen LogP contribution in [0.25, 0.3) is 22.3 Å². The molecule has 2 heterocycles. The fourth-order valence-corrected chi connectivity index (χ4v) is 2.91. The maximum absolute atomic E-state index is 13.1. The fourth-order valence-electron chi connectivity index (χ4n) is 2.91. The lowest BCUT2D eigenvalue weighted by molar-refractivity contribution is 0.102. The molecule has 0 aliphatic rings. The number of nitrogens with one attached hydrogen (secondary N) is 2. The summed E-state index contributed by atoms with van der Waals surface area (Å²) in [6.45, 7) is 4.17. The van der Waals surface area contributed by atoms with Crippen LogP contribution in [0.4, 0.5) is 16.0 Å². The first-order valence-electron chi connectivity index (χ1n) is 9.54. The highest BCUT2D eigenvalue weighted by molar-refractivity contribution is 6.03. The summed E-state index contributed by atoms with van der Waals surface area (Å²) in [6, 6.07) is 15.0. The second-order valence-corrected chi connectivity index (χ2v) is 7.26. The number of amides is 1. The van der Waals surface area contributed by atoms with Crippen molar-refractivity contribution in [1.29, 1.82) is 0 Å². The second-order valence-electron chi connectivity index (χ2n) is 7.26. The maximum atomic E-state index is 13.1. The second kappa shape index (κ2) is 7.90. The van der Waals surface area contributed by atoms with Crippen molar-refractivity contribution >= 4 is 28.6 Å². The highest BCUT2D eigenvalue weighted by Crippen LogP contribution is 2.22. The van der Waals surface area contributed by atoms with Crippen molar-refractivity contribution in [2.24, 2.45) is 0 Å². The average Bonchev–Trinajstić information content (AvgIpc) is 3.17. The van der Waals surface area contributed by atoms with Crippen LogP contribution in [0.3, 0.4) is 0 Å². The molecule has 0 spiro atoms. The standard InChI is InChI=1S/C22H21FN6O/c1-13(2)29(3)22-25-18-9-8-16(12-20(18)26-22)24-21(30)19-11-10-17(27-28-19)14-4-6-15(23)7-5-14/h4-13H,1-3H3,(H,24,30)(H,25,26). The fraction of sp³-hybridized carbons (Fsp3) is 0.182. The van der Waals surface area contributed by atoms with Crippen molar-refractivity contribution in [2.45, 2.75) is 19.9 Å². The van der Waals surface area contributed by atoms with Crippen molar-refractivity contribution in [1.82, 2.24) is 20.2 Å². The molecular formula is C22H21FN6O. The number of aromatic nitrogens is 4. The number of rotatable bonds is 5. The molecule has 30 heavy (non-hydrogen) atoms. The summed E-state index contributed by atoms with van der Waals surface area (Å²) >= 11 is 0. The third-order valence-corrected chi connectivity index (χ3v) is 4.87. The Kier molecular flexibility index (Phi) is 5.14. The molecule has 0 atom stereocenters. The highest BCUT2D eigenvalue weighted by Gasteiger charge is 2.13. The van der Waals surface area contributed by atoms with Gasteiger partial charge in [-0.15, -0.1) is 10.2 Å². The molecule has 0 aliphatic carbocycles. The molecule has 0 saturated carbocycles. The summed E-state index contributed by atoms with van der Waals surface area (Å²) in [7, 11) is 1.97. The summed E-state index contributed by atoms with van der Waals surface area (Å²) < 4.78 is 13.1. The van der Waals surface area contributed by atoms with Crippen LogP contribution in [0, 0.1) is 5.82 Å². The van der Waals surface area contributed by atoms with Crippen LogP contribution < -0.4 is 10.2 Å². The van der Waals surface area contributed by atoms with E-state index in [2.05, 4.69) is 39.3 Å². The molecule has 2 aromatic heterocycles. The predicted octanol–water partition coefficient (Wildman–Crippen LogP) is 4.26.